The van der Waals surface area contributed by atoms with Crippen molar-refractivity contribution in [3.05, 3.63) is 40.5 Å². The number of pyridine rings is 1. The number of nitrogens with zero attached hydrogens (tertiary/aromatic N) is 5. The van der Waals surface area contributed by atoms with Crippen molar-refractivity contribution in [1.82, 2.24) is 20.1 Å². The predicted molar refractivity (Wildman–Crippen MR) is 80.4 cm³/mol. The second-order valence-electron chi connectivity index (χ2n) is 6.60. The number of hydrogen-bond donors (Lipinski definition) is 0. The molecular weight excluding hydrogens is 314 g/mol. The van der Waals surface area contributed by atoms with Gasteiger partial charge in [0.1, 0.15) is 5.92 Å². The molecule has 1 amide bonds. The van der Waals surface area contributed by atoms with Gasteiger partial charge in [0.2, 0.25) is 23.7 Å². The molecule has 0 spiro atoms. The highest BCUT2D eigenvalue weighted by molar-refractivity contribution is 5.83. The number of likely N-dealkylation sites (tertiary alicyclic amines) is 1. The van der Waals surface area contributed by atoms with Gasteiger partial charge in [-0.25, -0.2) is 0 Å². The van der Waals surface area contributed by atoms with Gasteiger partial charge in [-0.05, 0) is 19.1 Å². The van der Waals surface area contributed by atoms with E-state index in [4.69, 9.17) is 4.42 Å². The molecule has 0 unspecified atom stereocenters. The number of rotatable bonds is 4. The normalized spacial score (nSPS) is 24.3. The summed E-state index contributed by atoms with van der Waals surface area (Å²) in [4.78, 5) is 28.1. The largest absolute Gasteiger partial charge is 0.420 e. The van der Waals surface area contributed by atoms with E-state index >= 15 is 0 Å². The van der Waals surface area contributed by atoms with Crippen LogP contribution >= 0.6 is 0 Å². The molecule has 3 heterocycles. The number of aromatic nitrogens is 3. The number of carbonyl (C=O) groups is 1. The summed E-state index contributed by atoms with van der Waals surface area (Å²) < 4.78 is 5.73. The molecule has 4 rings (SSSR count). The first-order valence-electron chi connectivity index (χ1n) is 7.65. The second kappa shape index (κ2) is 5.08. The minimum atomic E-state index is -0.718. The van der Waals surface area contributed by atoms with E-state index in [1.165, 1.54) is 0 Å². The fourth-order valence-electron chi connectivity index (χ4n) is 3.07. The van der Waals surface area contributed by atoms with Gasteiger partial charge < -0.3 is 9.32 Å². The van der Waals surface area contributed by atoms with Gasteiger partial charge in [0.05, 0.1) is 11.0 Å². The summed E-state index contributed by atoms with van der Waals surface area (Å²) in [6.07, 6.45) is 3.64. The van der Waals surface area contributed by atoms with Gasteiger partial charge in [0, 0.05) is 36.8 Å². The van der Waals surface area contributed by atoms with Crippen LogP contribution in [0.1, 0.15) is 19.2 Å². The lowest BCUT2D eigenvalue weighted by Crippen LogP contribution is -2.60. The van der Waals surface area contributed by atoms with Crippen LogP contribution in [0.4, 0.5) is 0 Å². The molecule has 2 aromatic rings. The zero-order chi connectivity index (χ0) is 16.9. The van der Waals surface area contributed by atoms with Gasteiger partial charge in [-0.1, -0.05) is 0 Å². The molecule has 9 nitrogen and oxygen atoms in total. The number of nitro groups is 1. The molecule has 0 aromatic carbocycles. The molecule has 1 saturated heterocycles. The summed E-state index contributed by atoms with van der Waals surface area (Å²) >= 11 is 0. The van der Waals surface area contributed by atoms with E-state index in [1.54, 1.807) is 23.4 Å². The lowest BCUT2D eigenvalue weighted by atomic mass is 9.81. The summed E-state index contributed by atoms with van der Waals surface area (Å²) in [7, 11) is 0. The Morgan fingerprint density at radius 1 is 1.46 bits per heavy atom. The summed E-state index contributed by atoms with van der Waals surface area (Å²) in [6.45, 7) is 2.80. The highest BCUT2D eigenvalue weighted by Crippen LogP contribution is 2.40. The Morgan fingerprint density at radius 3 is 2.88 bits per heavy atom. The zero-order valence-corrected chi connectivity index (χ0v) is 13.0. The summed E-state index contributed by atoms with van der Waals surface area (Å²) in [5.74, 6) is 0.228. The van der Waals surface area contributed by atoms with E-state index < -0.39 is 17.4 Å². The standard InChI is InChI=1S/C15H15N5O4/c1-15(7-19(8-15)13(21)10-5-11(10)20(22)23)14-18-17-12(24-14)9-3-2-4-16-6-9/h2-4,6,10-11H,5,7-8H2,1H3/t10-,11-/m1/s1. The molecule has 2 aliphatic rings. The molecule has 1 aliphatic carbocycles. The summed E-state index contributed by atoms with van der Waals surface area (Å²) in [5.41, 5.74) is 0.321. The van der Waals surface area contributed by atoms with Gasteiger partial charge in [0.15, 0.2) is 0 Å². The highest BCUT2D eigenvalue weighted by atomic mass is 16.6. The first-order valence-corrected chi connectivity index (χ1v) is 7.65. The van der Waals surface area contributed by atoms with Crippen molar-refractivity contribution in [2.45, 2.75) is 24.8 Å². The molecule has 9 heteroatoms. The van der Waals surface area contributed by atoms with E-state index in [0.717, 1.165) is 5.56 Å². The van der Waals surface area contributed by atoms with Crippen LogP contribution in [0, 0.1) is 16.0 Å². The second-order valence-corrected chi connectivity index (χ2v) is 6.60. The zero-order valence-electron chi connectivity index (χ0n) is 13.0. The van der Waals surface area contributed by atoms with Gasteiger partial charge in [-0.15, -0.1) is 10.2 Å². The molecule has 124 valence electrons. The van der Waals surface area contributed by atoms with Crippen molar-refractivity contribution in [3.63, 3.8) is 0 Å². The molecule has 24 heavy (non-hydrogen) atoms. The quantitative estimate of drug-likeness (QED) is 0.604. The van der Waals surface area contributed by atoms with Gasteiger partial charge in [-0.2, -0.15) is 0 Å². The smallest absolute Gasteiger partial charge is 0.249 e. The maximum Gasteiger partial charge on any atom is 0.249 e. The van der Waals surface area contributed by atoms with Gasteiger partial charge in [-0.3, -0.25) is 19.9 Å². The highest BCUT2D eigenvalue weighted by Gasteiger charge is 2.58. The predicted octanol–water partition coefficient (Wildman–Crippen LogP) is 0.897. The third-order valence-corrected chi connectivity index (χ3v) is 4.59. The Morgan fingerprint density at radius 2 is 2.25 bits per heavy atom. The van der Waals surface area contributed by atoms with Crippen LogP contribution in [0.2, 0.25) is 0 Å². The van der Waals surface area contributed by atoms with Gasteiger partial charge >= 0.3 is 0 Å². The molecular formula is C15H15N5O4. The molecule has 0 radical (unpaired) electrons. The lowest BCUT2D eigenvalue weighted by Gasteiger charge is -2.45. The molecule has 2 fully saturated rings. The molecule has 2 atom stereocenters. The van der Waals surface area contributed by atoms with Crippen LogP contribution in [-0.4, -0.2) is 50.0 Å². The van der Waals surface area contributed by atoms with E-state index in [0.29, 0.717) is 31.3 Å². The van der Waals surface area contributed by atoms with Crippen molar-refractivity contribution in [3.8, 4) is 11.5 Å². The van der Waals surface area contributed by atoms with E-state index in [1.807, 2.05) is 13.0 Å². The van der Waals surface area contributed by atoms with Crippen LogP contribution in [0.5, 0.6) is 0 Å². The van der Waals surface area contributed by atoms with E-state index in [-0.39, 0.29) is 10.8 Å². The average molecular weight is 329 g/mol. The lowest BCUT2D eigenvalue weighted by molar-refractivity contribution is -0.497. The van der Waals surface area contributed by atoms with Crippen LogP contribution in [0.25, 0.3) is 11.5 Å². The molecule has 0 bridgehead atoms. The van der Waals surface area contributed by atoms with Gasteiger partial charge in [0.25, 0.3) is 0 Å². The summed E-state index contributed by atoms with van der Waals surface area (Å²) in [5, 5.41) is 18.8. The fraction of sp³-hybridized carbons (Fsp3) is 0.467. The molecule has 1 saturated carbocycles. The van der Waals surface area contributed by atoms with Crippen LogP contribution < -0.4 is 0 Å². The van der Waals surface area contributed by atoms with Crippen LogP contribution in [-0.2, 0) is 10.2 Å². The summed E-state index contributed by atoms with van der Waals surface area (Å²) in [6, 6.07) is 2.89. The van der Waals surface area contributed by atoms with Crippen molar-refractivity contribution < 1.29 is 14.1 Å². The Hall–Kier alpha value is -2.84. The first-order chi connectivity index (χ1) is 11.5. The Balaban J connectivity index is 1.43. The van der Waals surface area contributed by atoms with Crippen molar-refractivity contribution in [2.75, 3.05) is 13.1 Å². The van der Waals surface area contributed by atoms with Crippen LogP contribution in [0.3, 0.4) is 0 Å². The molecule has 2 aromatic heterocycles. The van der Waals surface area contributed by atoms with Crippen molar-refractivity contribution in [1.29, 1.82) is 0 Å². The maximum atomic E-state index is 12.2. The van der Waals surface area contributed by atoms with E-state index in [9.17, 15) is 14.9 Å². The maximum absolute atomic E-state index is 12.2. The SMILES string of the molecule is CC1(c2nnc(-c3cccnc3)o2)CN(C(=O)[C@@H]2C[C@H]2[N+](=O)[O-])C1. The first kappa shape index (κ1) is 14.7. The molecule has 0 N–H and O–H groups in total. The average Bonchev–Trinajstić information content (AvgIpc) is 3.21. The Bertz CT molecular complexity index is 799. The topological polar surface area (TPSA) is 115 Å². The Labute approximate surface area is 136 Å². The van der Waals surface area contributed by atoms with Crippen molar-refractivity contribution >= 4 is 5.91 Å². The monoisotopic (exact) mass is 329 g/mol. The minimum Gasteiger partial charge on any atom is -0.420 e. The minimum absolute atomic E-state index is 0.152. The fourth-order valence-corrected chi connectivity index (χ4v) is 3.07. The number of amides is 1. The van der Waals surface area contributed by atoms with E-state index in [2.05, 4.69) is 15.2 Å². The van der Waals surface area contributed by atoms with Crippen LogP contribution in [0.15, 0.2) is 28.9 Å². The molecule has 1 aliphatic heterocycles. The third kappa shape index (κ3) is 2.32. The Kier molecular flexibility index (Phi) is 3.12. The number of hydrogen-bond acceptors (Lipinski definition) is 7. The number of carbonyl (C=O) groups excluding carboxylic acids is 1. The third-order valence-electron chi connectivity index (χ3n) is 4.59. The van der Waals surface area contributed by atoms with Crippen molar-refractivity contribution in [2.24, 2.45) is 5.92 Å².